The van der Waals surface area contributed by atoms with Crippen LogP contribution in [0.25, 0.3) is 0 Å². The van der Waals surface area contributed by atoms with Crippen molar-refractivity contribution in [3.05, 3.63) is 30.3 Å². The molecule has 0 heterocycles. The minimum absolute atomic E-state index is 0.314. The molecule has 0 saturated carbocycles. The van der Waals surface area contributed by atoms with E-state index in [1.54, 1.807) is 30.3 Å². The van der Waals surface area contributed by atoms with Gasteiger partial charge in [-0.3, -0.25) is 4.79 Å². The third-order valence-electron chi connectivity index (χ3n) is 2.87. The quantitative estimate of drug-likeness (QED) is 0.393. The second kappa shape index (κ2) is 8.32. The van der Waals surface area contributed by atoms with Gasteiger partial charge in [-0.05, 0) is 19.1 Å². The standard InChI is InChI=1S/C14H19NO7/c1-8(16)11(18)12(19)13(14(20)21)22-10(17)7-15-9-5-3-2-4-6-9/h2-6,8,11-13,15-16,18-19H,7H2,1H3,(H,20,21)/t8-,11-,12+,13+/m1/s1. The Morgan fingerprint density at radius 3 is 2.23 bits per heavy atom. The minimum atomic E-state index is -1.98. The fourth-order valence-corrected chi connectivity index (χ4v) is 1.64. The average molecular weight is 313 g/mol. The third kappa shape index (κ3) is 5.32. The molecule has 0 radical (unpaired) electrons. The van der Waals surface area contributed by atoms with Crippen molar-refractivity contribution in [2.24, 2.45) is 0 Å². The van der Waals surface area contributed by atoms with E-state index >= 15 is 0 Å². The molecule has 1 aromatic rings. The second-order valence-corrected chi connectivity index (χ2v) is 4.69. The molecule has 0 saturated heterocycles. The predicted molar refractivity (Wildman–Crippen MR) is 76.1 cm³/mol. The average Bonchev–Trinajstić information content (AvgIpc) is 2.49. The van der Waals surface area contributed by atoms with Crippen LogP contribution in [0, 0.1) is 0 Å². The maximum atomic E-state index is 11.6. The normalized spacial score (nSPS) is 16.2. The molecule has 4 atom stereocenters. The van der Waals surface area contributed by atoms with Crippen molar-refractivity contribution >= 4 is 17.6 Å². The van der Waals surface area contributed by atoms with Crippen molar-refractivity contribution < 1.29 is 34.8 Å². The molecule has 1 rings (SSSR count). The Bertz CT molecular complexity index is 491. The highest BCUT2D eigenvalue weighted by Crippen LogP contribution is 2.10. The zero-order valence-corrected chi connectivity index (χ0v) is 11.9. The number of anilines is 1. The van der Waals surface area contributed by atoms with Gasteiger partial charge in [0.2, 0.25) is 6.10 Å². The van der Waals surface area contributed by atoms with E-state index in [0.717, 1.165) is 0 Å². The van der Waals surface area contributed by atoms with Crippen LogP contribution in [0.3, 0.4) is 0 Å². The van der Waals surface area contributed by atoms with E-state index in [9.17, 15) is 19.8 Å². The molecule has 8 nitrogen and oxygen atoms in total. The van der Waals surface area contributed by atoms with Crippen LogP contribution in [0.1, 0.15) is 6.92 Å². The first kappa shape index (κ1) is 17.9. The number of ether oxygens (including phenoxy) is 1. The maximum Gasteiger partial charge on any atom is 0.347 e. The first-order valence-electron chi connectivity index (χ1n) is 6.58. The first-order valence-corrected chi connectivity index (χ1v) is 6.58. The van der Waals surface area contributed by atoms with Crippen LogP contribution in [0.2, 0.25) is 0 Å². The Balaban J connectivity index is 2.59. The summed E-state index contributed by atoms with van der Waals surface area (Å²) in [5.74, 6) is -2.55. The van der Waals surface area contributed by atoms with E-state index in [4.69, 9.17) is 10.2 Å². The summed E-state index contributed by atoms with van der Waals surface area (Å²) < 4.78 is 4.64. The molecule has 0 unspecified atom stereocenters. The molecule has 5 N–H and O–H groups in total. The zero-order valence-electron chi connectivity index (χ0n) is 11.9. The van der Waals surface area contributed by atoms with Crippen molar-refractivity contribution in [1.29, 1.82) is 0 Å². The van der Waals surface area contributed by atoms with Gasteiger partial charge in [-0.1, -0.05) is 18.2 Å². The predicted octanol–water partition coefficient (Wildman–Crippen LogP) is -0.803. The Hall–Kier alpha value is -2.16. The smallest absolute Gasteiger partial charge is 0.347 e. The van der Waals surface area contributed by atoms with Crippen LogP contribution in [0.4, 0.5) is 5.69 Å². The molecule has 0 aromatic heterocycles. The topological polar surface area (TPSA) is 136 Å². The van der Waals surface area contributed by atoms with Crippen LogP contribution in [0.15, 0.2) is 30.3 Å². The van der Waals surface area contributed by atoms with Gasteiger partial charge in [0.25, 0.3) is 0 Å². The van der Waals surface area contributed by atoms with Crippen LogP contribution in [-0.4, -0.2) is 63.3 Å². The lowest BCUT2D eigenvalue weighted by Gasteiger charge is -2.25. The number of aliphatic hydroxyl groups is 3. The molecule has 0 amide bonds. The Kier molecular flexibility index (Phi) is 6.77. The molecule has 122 valence electrons. The van der Waals surface area contributed by atoms with Gasteiger partial charge in [-0.2, -0.15) is 0 Å². The summed E-state index contributed by atoms with van der Waals surface area (Å²) in [5.41, 5.74) is 0.635. The fourth-order valence-electron chi connectivity index (χ4n) is 1.64. The van der Waals surface area contributed by atoms with Crippen LogP contribution >= 0.6 is 0 Å². The summed E-state index contributed by atoms with van der Waals surface area (Å²) in [6.07, 6.45) is -7.05. The molecule has 0 bridgehead atoms. The van der Waals surface area contributed by atoms with Crippen molar-refractivity contribution in [2.45, 2.75) is 31.3 Å². The summed E-state index contributed by atoms with van der Waals surface area (Å²) in [4.78, 5) is 22.7. The second-order valence-electron chi connectivity index (χ2n) is 4.69. The zero-order chi connectivity index (χ0) is 16.7. The molecule has 0 fully saturated rings. The summed E-state index contributed by atoms with van der Waals surface area (Å²) in [6, 6.07) is 8.69. The summed E-state index contributed by atoms with van der Waals surface area (Å²) >= 11 is 0. The number of rotatable bonds is 8. The van der Waals surface area contributed by atoms with Gasteiger partial charge in [0.05, 0.1) is 6.10 Å². The number of aliphatic carboxylic acids is 1. The lowest BCUT2D eigenvalue weighted by Crippen LogP contribution is -2.49. The largest absolute Gasteiger partial charge is 0.478 e. The summed E-state index contributed by atoms with van der Waals surface area (Å²) in [5, 5.41) is 40.0. The van der Waals surface area contributed by atoms with Crippen molar-refractivity contribution in [3.8, 4) is 0 Å². The Morgan fingerprint density at radius 1 is 1.14 bits per heavy atom. The molecule has 22 heavy (non-hydrogen) atoms. The van der Waals surface area contributed by atoms with Gasteiger partial charge in [-0.25, -0.2) is 4.79 Å². The number of aliphatic hydroxyl groups excluding tert-OH is 3. The van der Waals surface area contributed by atoms with Gasteiger partial charge in [0.15, 0.2) is 0 Å². The number of carbonyl (C=O) groups is 2. The maximum absolute atomic E-state index is 11.6. The van der Waals surface area contributed by atoms with Gasteiger partial charge in [0.1, 0.15) is 18.8 Å². The van der Waals surface area contributed by atoms with Crippen LogP contribution in [0.5, 0.6) is 0 Å². The monoisotopic (exact) mass is 313 g/mol. The van der Waals surface area contributed by atoms with E-state index in [0.29, 0.717) is 5.69 Å². The molecular formula is C14H19NO7. The Morgan fingerprint density at radius 2 is 1.73 bits per heavy atom. The molecule has 8 heteroatoms. The van der Waals surface area contributed by atoms with Crippen LogP contribution in [-0.2, 0) is 14.3 Å². The van der Waals surface area contributed by atoms with Crippen molar-refractivity contribution in [1.82, 2.24) is 0 Å². The molecule has 0 aliphatic carbocycles. The number of benzene rings is 1. The number of hydrogen-bond donors (Lipinski definition) is 5. The van der Waals surface area contributed by atoms with Crippen LogP contribution < -0.4 is 5.32 Å². The lowest BCUT2D eigenvalue weighted by atomic mass is 10.0. The van der Waals surface area contributed by atoms with E-state index in [1.165, 1.54) is 6.92 Å². The molecule has 0 aliphatic heterocycles. The Labute approximate surface area is 127 Å². The number of esters is 1. The molecule has 1 aromatic carbocycles. The first-order chi connectivity index (χ1) is 10.3. The number of para-hydroxylation sites is 1. The van der Waals surface area contributed by atoms with Crippen molar-refractivity contribution in [3.63, 3.8) is 0 Å². The number of hydrogen-bond acceptors (Lipinski definition) is 7. The summed E-state index contributed by atoms with van der Waals surface area (Å²) in [7, 11) is 0. The van der Waals surface area contributed by atoms with E-state index in [1.807, 2.05) is 0 Å². The molecule has 0 spiro atoms. The van der Waals surface area contributed by atoms with Gasteiger partial charge in [0, 0.05) is 5.69 Å². The van der Waals surface area contributed by atoms with E-state index in [2.05, 4.69) is 10.1 Å². The van der Waals surface area contributed by atoms with E-state index < -0.39 is 36.4 Å². The minimum Gasteiger partial charge on any atom is -0.478 e. The number of carbonyl (C=O) groups excluding carboxylic acids is 1. The third-order valence-corrected chi connectivity index (χ3v) is 2.87. The van der Waals surface area contributed by atoms with Gasteiger partial charge >= 0.3 is 11.9 Å². The van der Waals surface area contributed by atoms with E-state index in [-0.39, 0.29) is 6.54 Å². The highest BCUT2D eigenvalue weighted by Gasteiger charge is 2.37. The summed E-state index contributed by atoms with van der Waals surface area (Å²) in [6.45, 7) is 0.858. The lowest BCUT2D eigenvalue weighted by molar-refractivity contribution is -0.179. The molecule has 0 aliphatic rings. The SMILES string of the molecule is C[C@@H](O)[C@@H](O)[C@H](O)[C@H](OC(=O)CNc1ccccc1)C(=O)O. The molecular weight excluding hydrogens is 294 g/mol. The highest BCUT2D eigenvalue weighted by atomic mass is 16.6. The fraction of sp³-hybridized carbons (Fsp3) is 0.429. The van der Waals surface area contributed by atoms with Gasteiger partial charge in [-0.15, -0.1) is 0 Å². The van der Waals surface area contributed by atoms with Gasteiger partial charge < -0.3 is 30.5 Å². The van der Waals surface area contributed by atoms with Crippen molar-refractivity contribution in [2.75, 3.05) is 11.9 Å². The number of carboxylic acids is 1. The highest BCUT2D eigenvalue weighted by molar-refractivity contribution is 5.80. The number of nitrogens with one attached hydrogen (secondary N) is 1. The number of carboxylic acid groups (broad SMARTS) is 1.